The molecular weight excluding hydrogens is 340 g/mol. The number of fused-ring (bicyclic) bond motifs is 1. The highest BCUT2D eigenvalue weighted by Gasteiger charge is 2.40. The molecule has 0 bridgehead atoms. The standard InChI is InChI=1S/C18H26N2O4S/c1-13(2)17(21)20-12-18(3,4)15-11-14(5-6-16(15)20)25(22,23)19-7-9-24-10-8-19/h5-6,11,13H,7-10,12H2,1-4H3. The molecule has 0 atom stereocenters. The number of morpholine rings is 1. The van der Waals surface area contributed by atoms with Crippen LogP contribution in [-0.4, -0.2) is 51.5 Å². The molecular formula is C18H26N2O4S. The minimum atomic E-state index is -3.54. The van der Waals surface area contributed by atoms with Crippen LogP contribution in [0, 0.1) is 5.92 Å². The summed E-state index contributed by atoms with van der Waals surface area (Å²) in [6.45, 7) is 10.0. The number of carbonyl (C=O) groups is 1. The fraction of sp³-hybridized carbons (Fsp3) is 0.611. The molecule has 1 fully saturated rings. The van der Waals surface area contributed by atoms with E-state index in [2.05, 4.69) is 0 Å². The topological polar surface area (TPSA) is 66.9 Å². The average Bonchev–Trinajstić information content (AvgIpc) is 2.86. The Balaban J connectivity index is 2.00. The minimum Gasteiger partial charge on any atom is -0.379 e. The predicted octanol–water partition coefficient (Wildman–Crippen LogP) is 1.99. The van der Waals surface area contributed by atoms with Crippen LogP contribution >= 0.6 is 0 Å². The molecule has 1 amide bonds. The van der Waals surface area contributed by atoms with Crippen molar-refractivity contribution in [1.29, 1.82) is 0 Å². The number of benzene rings is 1. The van der Waals surface area contributed by atoms with Crippen molar-refractivity contribution in [3.63, 3.8) is 0 Å². The summed E-state index contributed by atoms with van der Waals surface area (Å²) in [5.74, 6) is -0.0332. The molecule has 138 valence electrons. The van der Waals surface area contributed by atoms with Gasteiger partial charge in [-0.05, 0) is 23.8 Å². The van der Waals surface area contributed by atoms with Gasteiger partial charge < -0.3 is 9.64 Å². The quantitative estimate of drug-likeness (QED) is 0.820. The largest absolute Gasteiger partial charge is 0.379 e. The van der Waals surface area contributed by atoms with E-state index < -0.39 is 10.0 Å². The highest BCUT2D eigenvalue weighted by molar-refractivity contribution is 7.89. The van der Waals surface area contributed by atoms with Gasteiger partial charge in [-0.2, -0.15) is 4.31 Å². The maximum Gasteiger partial charge on any atom is 0.243 e. The average molecular weight is 366 g/mol. The maximum atomic E-state index is 12.9. The first-order valence-corrected chi connectivity index (χ1v) is 10.1. The van der Waals surface area contributed by atoms with Gasteiger partial charge in [0.05, 0.1) is 18.1 Å². The fourth-order valence-corrected chi connectivity index (χ4v) is 4.90. The summed E-state index contributed by atoms with van der Waals surface area (Å²) in [6, 6.07) is 5.14. The van der Waals surface area contributed by atoms with Gasteiger partial charge in [0.25, 0.3) is 0 Å². The van der Waals surface area contributed by atoms with Crippen LogP contribution in [0.2, 0.25) is 0 Å². The molecule has 0 saturated carbocycles. The molecule has 0 N–H and O–H groups in total. The molecule has 0 aliphatic carbocycles. The van der Waals surface area contributed by atoms with Crippen molar-refractivity contribution in [2.24, 2.45) is 5.92 Å². The molecule has 2 aliphatic rings. The third-order valence-corrected chi connectivity index (χ3v) is 6.80. The van der Waals surface area contributed by atoms with E-state index in [1.54, 1.807) is 23.1 Å². The van der Waals surface area contributed by atoms with Gasteiger partial charge in [-0.15, -0.1) is 0 Å². The van der Waals surface area contributed by atoms with Crippen LogP contribution < -0.4 is 4.90 Å². The zero-order valence-corrected chi connectivity index (χ0v) is 16.1. The van der Waals surface area contributed by atoms with Crippen molar-refractivity contribution in [2.75, 3.05) is 37.7 Å². The highest BCUT2D eigenvalue weighted by atomic mass is 32.2. The molecule has 1 saturated heterocycles. The van der Waals surface area contributed by atoms with E-state index in [0.717, 1.165) is 11.3 Å². The lowest BCUT2D eigenvalue weighted by Gasteiger charge is -2.26. The molecule has 6 nitrogen and oxygen atoms in total. The SMILES string of the molecule is CC(C)C(=O)N1CC(C)(C)c2cc(S(=O)(=O)N3CCOCC3)ccc21. The summed E-state index contributed by atoms with van der Waals surface area (Å²) < 4.78 is 32.5. The van der Waals surface area contributed by atoms with E-state index in [1.165, 1.54) is 4.31 Å². The minimum absolute atomic E-state index is 0.0654. The van der Waals surface area contributed by atoms with Gasteiger partial charge in [-0.3, -0.25) is 4.79 Å². The molecule has 1 aromatic rings. The lowest BCUT2D eigenvalue weighted by atomic mass is 9.87. The lowest BCUT2D eigenvalue weighted by molar-refractivity contribution is -0.121. The summed E-state index contributed by atoms with van der Waals surface area (Å²) in [5.41, 5.74) is 1.46. The number of carbonyl (C=O) groups excluding carboxylic acids is 1. The third kappa shape index (κ3) is 3.20. The van der Waals surface area contributed by atoms with Crippen molar-refractivity contribution in [3.05, 3.63) is 23.8 Å². The van der Waals surface area contributed by atoms with Crippen molar-refractivity contribution in [3.8, 4) is 0 Å². The smallest absolute Gasteiger partial charge is 0.243 e. The van der Waals surface area contributed by atoms with E-state index >= 15 is 0 Å². The first-order chi connectivity index (χ1) is 11.6. The second-order valence-corrected chi connectivity index (χ2v) is 9.60. The lowest BCUT2D eigenvalue weighted by Crippen LogP contribution is -2.40. The summed E-state index contributed by atoms with van der Waals surface area (Å²) in [5, 5.41) is 0. The van der Waals surface area contributed by atoms with Crippen molar-refractivity contribution < 1.29 is 17.9 Å². The molecule has 0 aromatic heterocycles. The van der Waals surface area contributed by atoms with Crippen LogP contribution in [0.1, 0.15) is 33.3 Å². The Bertz CT molecular complexity index is 780. The number of sulfonamides is 1. The Kier molecular flexibility index (Phi) is 4.68. The number of hydrogen-bond donors (Lipinski definition) is 0. The van der Waals surface area contributed by atoms with Crippen molar-refractivity contribution >= 4 is 21.6 Å². The molecule has 2 heterocycles. The Morgan fingerprint density at radius 2 is 1.84 bits per heavy atom. The number of rotatable bonds is 3. The fourth-order valence-electron chi connectivity index (χ4n) is 3.46. The van der Waals surface area contributed by atoms with E-state index in [0.29, 0.717) is 37.7 Å². The zero-order chi connectivity index (χ0) is 18.4. The van der Waals surface area contributed by atoms with Crippen LogP contribution in [0.4, 0.5) is 5.69 Å². The van der Waals surface area contributed by atoms with Gasteiger partial charge >= 0.3 is 0 Å². The van der Waals surface area contributed by atoms with Gasteiger partial charge in [0.2, 0.25) is 15.9 Å². The third-order valence-electron chi connectivity index (χ3n) is 4.91. The van der Waals surface area contributed by atoms with Gasteiger partial charge in [-0.25, -0.2) is 8.42 Å². The monoisotopic (exact) mass is 366 g/mol. The molecule has 0 spiro atoms. The summed E-state index contributed by atoms with van der Waals surface area (Å²) in [6.07, 6.45) is 0. The van der Waals surface area contributed by atoms with Crippen molar-refractivity contribution in [1.82, 2.24) is 4.31 Å². The van der Waals surface area contributed by atoms with E-state index in [-0.39, 0.29) is 17.2 Å². The zero-order valence-electron chi connectivity index (χ0n) is 15.3. The number of ether oxygens (including phenoxy) is 1. The van der Waals surface area contributed by atoms with Gasteiger partial charge in [0.1, 0.15) is 0 Å². The molecule has 0 unspecified atom stereocenters. The Labute approximate surface area is 149 Å². The first-order valence-electron chi connectivity index (χ1n) is 8.68. The van der Waals surface area contributed by atoms with Crippen LogP contribution in [-0.2, 0) is 25.0 Å². The highest BCUT2D eigenvalue weighted by Crippen LogP contribution is 2.42. The molecule has 3 rings (SSSR count). The van der Waals surface area contributed by atoms with Crippen LogP contribution in [0.3, 0.4) is 0 Å². The molecule has 0 radical (unpaired) electrons. The Hall–Kier alpha value is -1.44. The second kappa shape index (κ2) is 6.37. The second-order valence-electron chi connectivity index (χ2n) is 7.66. The van der Waals surface area contributed by atoms with Gasteiger partial charge in [0.15, 0.2) is 0 Å². The summed E-state index contributed by atoms with van der Waals surface area (Å²) >= 11 is 0. The van der Waals surface area contributed by atoms with Crippen LogP contribution in [0.25, 0.3) is 0 Å². The number of amides is 1. The normalized spacial score (nSPS) is 20.8. The van der Waals surface area contributed by atoms with Crippen LogP contribution in [0.5, 0.6) is 0 Å². The first kappa shape index (κ1) is 18.4. The molecule has 1 aromatic carbocycles. The Morgan fingerprint density at radius 3 is 2.44 bits per heavy atom. The predicted molar refractivity (Wildman–Crippen MR) is 96.2 cm³/mol. The van der Waals surface area contributed by atoms with Gasteiger partial charge in [0, 0.05) is 36.7 Å². The van der Waals surface area contributed by atoms with E-state index in [1.807, 2.05) is 27.7 Å². The summed E-state index contributed by atoms with van der Waals surface area (Å²) in [7, 11) is -3.54. The maximum absolute atomic E-state index is 12.9. The van der Waals surface area contributed by atoms with E-state index in [4.69, 9.17) is 4.74 Å². The Morgan fingerprint density at radius 1 is 1.20 bits per heavy atom. The number of hydrogen-bond acceptors (Lipinski definition) is 4. The van der Waals surface area contributed by atoms with Crippen LogP contribution in [0.15, 0.2) is 23.1 Å². The van der Waals surface area contributed by atoms with E-state index in [9.17, 15) is 13.2 Å². The van der Waals surface area contributed by atoms with Crippen molar-refractivity contribution in [2.45, 2.75) is 38.0 Å². The molecule has 25 heavy (non-hydrogen) atoms. The molecule has 7 heteroatoms. The molecule has 2 aliphatic heterocycles. The summed E-state index contributed by atoms with van der Waals surface area (Å²) in [4.78, 5) is 14.6. The van der Waals surface area contributed by atoms with Gasteiger partial charge in [-0.1, -0.05) is 27.7 Å². The number of nitrogens with zero attached hydrogens (tertiary/aromatic N) is 2. The number of anilines is 1.